The molecule has 1 amide bonds. The monoisotopic (exact) mass is 423 g/mol. The van der Waals surface area contributed by atoms with Crippen molar-refractivity contribution in [2.45, 2.75) is 4.90 Å². The Kier molecular flexibility index (Phi) is 5.62. The van der Waals surface area contributed by atoms with Gasteiger partial charge in [0.15, 0.2) is 0 Å². The Morgan fingerprint density at radius 3 is 2.20 bits per heavy atom. The number of carbonyl (C=O) groups excluding carboxylic acids is 1. The number of sulfonamides is 1. The van der Waals surface area contributed by atoms with Crippen molar-refractivity contribution in [3.8, 4) is 0 Å². The highest BCUT2D eigenvalue weighted by molar-refractivity contribution is 7.92. The molecule has 9 heteroatoms. The van der Waals surface area contributed by atoms with Gasteiger partial charge in [0.1, 0.15) is 5.82 Å². The zero-order valence-corrected chi connectivity index (χ0v) is 17.0. The third-order valence-corrected chi connectivity index (χ3v) is 6.28. The number of piperazine rings is 1. The molecule has 0 unspecified atom stereocenters. The molecule has 30 heavy (non-hydrogen) atoms. The van der Waals surface area contributed by atoms with E-state index < -0.39 is 10.0 Å². The van der Waals surface area contributed by atoms with E-state index in [4.69, 9.17) is 0 Å². The number of hydrogen-bond donors (Lipinski definition) is 1. The fourth-order valence-corrected chi connectivity index (χ4v) is 4.33. The molecule has 1 aromatic carbocycles. The number of pyridine rings is 2. The second-order valence-electron chi connectivity index (χ2n) is 6.83. The maximum absolute atomic E-state index is 12.8. The van der Waals surface area contributed by atoms with E-state index in [1.165, 1.54) is 24.5 Å². The van der Waals surface area contributed by atoms with Gasteiger partial charge in [0.25, 0.3) is 15.9 Å². The fourth-order valence-electron chi connectivity index (χ4n) is 3.27. The Morgan fingerprint density at radius 2 is 1.57 bits per heavy atom. The number of amides is 1. The van der Waals surface area contributed by atoms with Gasteiger partial charge in [-0.15, -0.1) is 0 Å². The number of rotatable bonds is 5. The van der Waals surface area contributed by atoms with Gasteiger partial charge in [-0.2, -0.15) is 0 Å². The van der Waals surface area contributed by atoms with Crippen molar-refractivity contribution in [2.75, 3.05) is 35.8 Å². The molecule has 3 aromatic rings. The van der Waals surface area contributed by atoms with Crippen LogP contribution in [-0.2, 0) is 10.0 Å². The average molecular weight is 423 g/mol. The van der Waals surface area contributed by atoms with Crippen molar-refractivity contribution in [1.82, 2.24) is 14.9 Å². The van der Waals surface area contributed by atoms with Gasteiger partial charge in [-0.3, -0.25) is 14.5 Å². The lowest BCUT2D eigenvalue weighted by Gasteiger charge is -2.35. The largest absolute Gasteiger partial charge is 0.353 e. The van der Waals surface area contributed by atoms with E-state index in [1.807, 2.05) is 18.2 Å². The molecule has 1 N–H and O–H groups in total. The second kappa shape index (κ2) is 8.50. The van der Waals surface area contributed by atoms with Crippen LogP contribution in [0.4, 0.5) is 11.5 Å². The molecule has 1 aliphatic heterocycles. The van der Waals surface area contributed by atoms with Gasteiger partial charge in [-0.05, 0) is 48.5 Å². The molecule has 0 bridgehead atoms. The van der Waals surface area contributed by atoms with Gasteiger partial charge < -0.3 is 9.80 Å². The zero-order valence-electron chi connectivity index (χ0n) is 16.2. The van der Waals surface area contributed by atoms with Crippen LogP contribution >= 0.6 is 0 Å². The molecule has 4 rings (SSSR count). The number of benzene rings is 1. The van der Waals surface area contributed by atoms with Crippen LogP contribution in [0.15, 0.2) is 78.1 Å². The highest BCUT2D eigenvalue weighted by Crippen LogP contribution is 2.18. The number of anilines is 2. The van der Waals surface area contributed by atoms with E-state index in [2.05, 4.69) is 19.6 Å². The van der Waals surface area contributed by atoms with Gasteiger partial charge in [-0.25, -0.2) is 13.4 Å². The molecule has 154 valence electrons. The maximum Gasteiger partial charge on any atom is 0.261 e. The van der Waals surface area contributed by atoms with Crippen LogP contribution in [0.2, 0.25) is 0 Å². The summed E-state index contributed by atoms with van der Waals surface area (Å²) in [5.74, 6) is 0.794. The van der Waals surface area contributed by atoms with Crippen LogP contribution in [0.1, 0.15) is 10.4 Å². The minimum atomic E-state index is -3.73. The topological polar surface area (TPSA) is 95.5 Å². The highest BCUT2D eigenvalue weighted by atomic mass is 32.2. The van der Waals surface area contributed by atoms with Gasteiger partial charge in [0, 0.05) is 50.3 Å². The first-order valence-electron chi connectivity index (χ1n) is 9.51. The predicted octanol–water partition coefficient (Wildman–Crippen LogP) is 2.24. The maximum atomic E-state index is 12.8. The molecular weight excluding hydrogens is 402 g/mol. The summed E-state index contributed by atoms with van der Waals surface area (Å²) < 4.78 is 27.5. The van der Waals surface area contributed by atoms with Crippen molar-refractivity contribution in [3.63, 3.8) is 0 Å². The summed E-state index contributed by atoms with van der Waals surface area (Å²) in [6, 6.07) is 14.9. The van der Waals surface area contributed by atoms with Crippen LogP contribution in [0.25, 0.3) is 0 Å². The molecule has 1 aliphatic rings. The van der Waals surface area contributed by atoms with Crippen LogP contribution in [0.5, 0.6) is 0 Å². The molecule has 3 heterocycles. The summed E-state index contributed by atoms with van der Waals surface area (Å²) >= 11 is 0. The lowest BCUT2D eigenvalue weighted by molar-refractivity contribution is 0.0746. The first kappa shape index (κ1) is 19.8. The average Bonchev–Trinajstić information content (AvgIpc) is 2.80. The van der Waals surface area contributed by atoms with Crippen molar-refractivity contribution in [2.24, 2.45) is 0 Å². The summed E-state index contributed by atoms with van der Waals surface area (Å²) in [6.45, 7) is 2.56. The first-order chi connectivity index (χ1) is 14.5. The molecule has 1 fully saturated rings. The first-order valence-corrected chi connectivity index (χ1v) is 11.0. The van der Waals surface area contributed by atoms with E-state index in [0.29, 0.717) is 37.4 Å². The summed E-state index contributed by atoms with van der Waals surface area (Å²) in [4.78, 5) is 25.0. The summed E-state index contributed by atoms with van der Waals surface area (Å²) in [7, 11) is -3.73. The van der Waals surface area contributed by atoms with Crippen LogP contribution < -0.4 is 9.62 Å². The molecule has 0 atom stereocenters. The van der Waals surface area contributed by atoms with Crippen LogP contribution in [-0.4, -0.2) is 55.4 Å². The Bertz CT molecular complexity index is 1100. The van der Waals surface area contributed by atoms with Gasteiger partial charge >= 0.3 is 0 Å². The van der Waals surface area contributed by atoms with E-state index in [9.17, 15) is 13.2 Å². The van der Waals surface area contributed by atoms with E-state index in [1.54, 1.807) is 35.4 Å². The highest BCUT2D eigenvalue weighted by Gasteiger charge is 2.23. The van der Waals surface area contributed by atoms with Crippen LogP contribution in [0, 0.1) is 0 Å². The molecule has 0 aliphatic carbocycles. The van der Waals surface area contributed by atoms with Crippen molar-refractivity contribution in [1.29, 1.82) is 0 Å². The number of nitrogens with zero attached hydrogens (tertiary/aromatic N) is 4. The van der Waals surface area contributed by atoms with Gasteiger partial charge in [0.05, 0.1) is 10.6 Å². The normalized spacial score (nSPS) is 14.4. The Morgan fingerprint density at radius 1 is 0.867 bits per heavy atom. The predicted molar refractivity (Wildman–Crippen MR) is 114 cm³/mol. The van der Waals surface area contributed by atoms with Crippen LogP contribution in [0.3, 0.4) is 0 Å². The molecule has 8 nitrogen and oxygen atoms in total. The van der Waals surface area contributed by atoms with E-state index in [-0.39, 0.29) is 10.8 Å². The smallest absolute Gasteiger partial charge is 0.261 e. The Labute approximate surface area is 175 Å². The molecular formula is C21H21N5O3S. The number of aromatic nitrogens is 2. The third kappa shape index (κ3) is 4.41. The summed E-state index contributed by atoms with van der Waals surface area (Å²) in [5, 5.41) is 0. The van der Waals surface area contributed by atoms with E-state index in [0.717, 1.165) is 5.82 Å². The van der Waals surface area contributed by atoms with Crippen molar-refractivity contribution in [3.05, 3.63) is 78.8 Å². The van der Waals surface area contributed by atoms with E-state index >= 15 is 0 Å². The van der Waals surface area contributed by atoms with Gasteiger partial charge in [-0.1, -0.05) is 6.07 Å². The minimum Gasteiger partial charge on any atom is -0.353 e. The molecule has 0 spiro atoms. The Balaban J connectivity index is 1.40. The van der Waals surface area contributed by atoms with Crippen molar-refractivity contribution >= 4 is 27.4 Å². The molecule has 1 saturated heterocycles. The van der Waals surface area contributed by atoms with Gasteiger partial charge in [0.2, 0.25) is 0 Å². The quantitative estimate of drug-likeness (QED) is 0.676. The summed E-state index contributed by atoms with van der Waals surface area (Å²) in [5.41, 5.74) is 0.889. The zero-order chi connectivity index (χ0) is 21.0. The molecule has 0 radical (unpaired) electrons. The standard InChI is InChI=1S/C21H21N5O3S/c27-21(26-15-13-25(14-16-26)20-3-1-2-10-23-20)17-4-6-19(7-5-17)30(28,29)24-18-8-11-22-12-9-18/h1-12H,13-16H2,(H,22,24). The lowest BCUT2D eigenvalue weighted by Crippen LogP contribution is -2.49. The molecule has 0 saturated carbocycles. The minimum absolute atomic E-state index is 0.0934. The lowest BCUT2D eigenvalue weighted by atomic mass is 10.2. The number of carbonyl (C=O) groups is 1. The summed E-state index contributed by atoms with van der Waals surface area (Å²) in [6.07, 6.45) is 4.77. The number of hydrogen-bond acceptors (Lipinski definition) is 6. The fraction of sp³-hybridized carbons (Fsp3) is 0.190. The third-order valence-electron chi connectivity index (χ3n) is 4.88. The van der Waals surface area contributed by atoms with Crippen molar-refractivity contribution < 1.29 is 13.2 Å². The molecule has 2 aromatic heterocycles. The SMILES string of the molecule is O=C(c1ccc(S(=O)(=O)Nc2ccncc2)cc1)N1CCN(c2ccccn2)CC1. The number of nitrogens with one attached hydrogen (secondary N) is 1. The second-order valence-corrected chi connectivity index (χ2v) is 8.52. The Hall–Kier alpha value is -3.46.